The molecular formula is C12H17N3O5S. The number of amides is 2. The lowest BCUT2D eigenvalue weighted by atomic mass is 10.0. The van der Waals surface area contributed by atoms with Crippen molar-refractivity contribution in [1.82, 2.24) is 10.6 Å². The number of carboxylic acid groups (broad SMARTS) is 2. The predicted octanol–water partition coefficient (Wildman–Crippen LogP) is 0.391. The van der Waals surface area contributed by atoms with Crippen molar-refractivity contribution in [3.63, 3.8) is 0 Å². The molecule has 0 aromatic carbocycles. The highest BCUT2D eigenvalue weighted by Crippen LogP contribution is 2.33. The molecule has 4 N–H and O–H groups in total. The van der Waals surface area contributed by atoms with E-state index in [-0.39, 0.29) is 24.5 Å². The summed E-state index contributed by atoms with van der Waals surface area (Å²) in [6, 6.07) is 1.38. The van der Waals surface area contributed by atoms with Gasteiger partial charge in [0.25, 0.3) is 0 Å². The molecule has 8 nitrogen and oxygen atoms in total. The van der Waals surface area contributed by atoms with Crippen LogP contribution in [0.5, 0.6) is 0 Å². The fourth-order valence-corrected chi connectivity index (χ4v) is 3.81. The molecule has 0 radical (unpaired) electrons. The van der Waals surface area contributed by atoms with Crippen molar-refractivity contribution in [1.29, 1.82) is 5.26 Å². The summed E-state index contributed by atoms with van der Waals surface area (Å²) in [5.74, 6) is -1.20. The molecule has 2 rings (SSSR count). The van der Waals surface area contributed by atoms with Gasteiger partial charge in [0.2, 0.25) is 0 Å². The first-order chi connectivity index (χ1) is 9.93. The third kappa shape index (κ3) is 5.91. The number of hydrogen-bond acceptors (Lipinski definition) is 5. The van der Waals surface area contributed by atoms with Gasteiger partial charge in [-0.05, 0) is 12.8 Å². The van der Waals surface area contributed by atoms with Gasteiger partial charge in [0.15, 0.2) is 6.07 Å². The second-order valence-electron chi connectivity index (χ2n) is 4.68. The molecule has 2 heterocycles. The van der Waals surface area contributed by atoms with E-state index in [4.69, 9.17) is 20.3 Å². The summed E-state index contributed by atoms with van der Waals surface area (Å²) >= 11 is 1.87. The van der Waals surface area contributed by atoms with Gasteiger partial charge in [0.1, 0.15) is 0 Å². The van der Waals surface area contributed by atoms with Crippen molar-refractivity contribution in [2.45, 2.75) is 43.0 Å². The Morgan fingerprint density at radius 3 is 2.57 bits per heavy atom. The Morgan fingerprint density at radius 2 is 2.00 bits per heavy atom. The lowest BCUT2D eigenvalue weighted by Gasteiger charge is -2.16. The van der Waals surface area contributed by atoms with Gasteiger partial charge in [0.05, 0.1) is 12.1 Å². The van der Waals surface area contributed by atoms with E-state index in [2.05, 4.69) is 10.6 Å². The van der Waals surface area contributed by atoms with Crippen molar-refractivity contribution in [2.24, 2.45) is 0 Å². The molecule has 2 aliphatic rings. The second-order valence-corrected chi connectivity index (χ2v) is 5.95. The molecule has 0 aromatic heterocycles. The van der Waals surface area contributed by atoms with Crippen LogP contribution in [-0.2, 0) is 9.59 Å². The summed E-state index contributed by atoms with van der Waals surface area (Å²) in [6.45, 7) is 0. The van der Waals surface area contributed by atoms with E-state index in [0.29, 0.717) is 5.25 Å². The van der Waals surface area contributed by atoms with Crippen LogP contribution in [0.1, 0.15) is 25.7 Å². The number of rotatable bonds is 5. The van der Waals surface area contributed by atoms with Crippen molar-refractivity contribution >= 4 is 29.7 Å². The van der Waals surface area contributed by atoms with Crippen molar-refractivity contribution in [3.05, 3.63) is 0 Å². The minimum absolute atomic E-state index is 0.0640. The van der Waals surface area contributed by atoms with Crippen LogP contribution in [0.4, 0.5) is 4.79 Å². The normalized spacial score (nSPS) is 25.7. The van der Waals surface area contributed by atoms with Crippen LogP contribution in [0.3, 0.4) is 0 Å². The SMILES string of the molecule is N#CC(=O)O.O=C(O)CCCC[C@@H]1SC[C@@H]2NC(=O)N[C@@H]21. The molecule has 21 heavy (non-hydrogen) atoms. The molecule has 0 bridgehead atoms. The van der Waals surface area contributed by atoms with Gasteiger partial charge in [-0.15, -0.1) is 0 Å². The Hall–Kier alpha value is -1.95. The first kappa shape index (κ1) is 17.1. The Balaban J connectivity index is 0.000000383. The molecular weight excluding hydrogens is 298 g/mol. The molecule has 0 unspecified atom stereocenters. The van der Waals surface area contributed by atoms with Crippen LogP contribution in [0.15, 0.2) is 0 Å². The molecule has 116 valence electrons. The number of nitriles is 1. The largest absolute Gasteiger partial charge is 0.481 e. The number of thioether (sulfide) groups is 1. The minimum atomic E-state index is -1.44. The third-order valence-electron chi connectivity index (χ3n) is 3.16. The highest BCUT2D eigenvalue weighted by Gasteiger charge is 2.42. The third-order valence-corrected chi connectivity index (χ3v) is 4.67. The van der Waals surface area contributed by atoms with Gasteiger partial charge in [-0.2, -0.15) is 17.0 Å². The van der Waals surface area contributed by atoms with E-state index in [1.807, 2.05) is 11.8 Å². The van der Waals surface area contributed by atoms with Gasteiger partial charge >= 0.3 is 18.0 Å². The zero-order valence-electron chi connectivity index (χ0n) is 11.2. The van der Waals surface area contributed by atoms with Gasteiger partial charge < -0.3 is 20.8 Å². The molecule has 0 saturated carbocycles. The number of hydrogen-bond donors (Lipinski definition) is 4. The number of carboxylic acids is 2. The number of unbranched alkanes of at least 4 members (excludes halogenated alkanes) is 1. The predicted molar refractivity (Wildman–Crippen MR) is 74.8 cm³/mol. The van der Waals surface area contributed by atoms with E-state index in [1.165, 1.54) is 0 Å². The average molecular weight is 315 g/mol. The van der Waals surface area contributed by atoms with Crippen molar-refractivity contribution < 1.29 is 24.6 Å². The molecule has 2 saturated heterocycles. The lowest BCUT2D eigenvalue weighted by Crippen LogP contribution is -2.36. The molecule has 0 aliphatic carbocycles. The molecule has 0 spiro atoms. The van der Waals surface area contributed by atoms with E-state index in [1.54, 1.807) is 0 Å². The fraction of sp³-hybridized carbons (Fsp3) is 0.667. The van der Waals surface area contributed by atoms with E-state index in [0.717, 1.165) is 31.1 Å². The molecule has 2 amide bonds. The van der Waals surface area contributed by atoms with E-state index in [9.17, 15) is 9.59 Å². The first-order valence-electron chi connectivity index (χ1n) is 6.47. The number of carbonyl (C=O) groups is 3. The topological polar surface area (TPSA) is 140 Å². The van der Waals surface area contributed by atoms with Gasteiger partial charge in [-0.1, -0.05) is 6.42 Å². The Labute approximate surface area is 125 Å². The maximum atomic E-state index is 11.1. The number of urea groups is 1. The Morgan fingerprint density at radius 1 is 1.33 bits per heavy atom. The van der Waals surface area contributed by atoms with Crippen molar-refractivity contribution in [2.75, 3.05) is 5.75 Å². The highest BCUT2D eigenvalue weighted by molar-refractivity contribution is 8.00. The van der Waals surface area contributed by atoms with E-state index < -0.39 is 11.9 Å². The second kappa shape index (κ2) is 8.36. The summed E-state index contributed by atoms with van der Waals surface area (Å²) in [5.41, 5.74) is 0. The standard InChI is InChI=1S/C10H16N2O3S.C2HNO2/c13-8(14)4-2-1-3-7-9-6(5-16-7)11-10(15)12-9;3-1-2(4)5/h6-7,9H,1-5H2,(H,13,14)(H2,11,12,15);(H,4,5)/t6-,7-,9-;/m0./s1. The number of fused-ring (bicyclic) bond motifs is 1. The summed E-state index contributed by atoms with van der Waals surface area (Å²) < 4.78 is 0. The maximum absolute atomic E-state index is 11.1. The number of aliphatic carboxylic acids is 2. The molecule has 2 aliphatic heterocycles. The Kier molecular flexibility index (Phi) is 6.81. The molecule has 9 heteroatoms. The molecule has 3 atom stereocenters. The smallest absolute Gasteiger partial charge is 0.408 e. The average Bonchev–Trinajstić information content (AvgIpc) is 2.95. The Bertz CT molecular complexity index is 451. The maximum Gasteiger partial charge on any atom is 0.408 e. The van der Waals surface area contributed by atoms with Crippen LogP contribution in [-0.4, -0.2) is 51.3 Å². The molecule has 2 fully saturated rings. The quantitative estimate of drug-likeness (QED) is 0.249. The first-order valence-corrected chi connectivity index (χ1v) is 7.52. The van der Waals surface area contributed by atoms with Crippen LogP contribution < -0.4 is 10.6 Å². The monoisotopic (exact) mass is 315 g/mol. The van der Waals surface area contributed by atoms with Crippen LogP contribution in [0.2, 0.25) is 0 Å². The van der Waals surface area contributed by atoms with Gasteiger partial charge in [-0.3, -0.25) is 4.79 Å². The summed E-state index contributed by atoms with van der Waals surface area (Å²) in [5, 5.41) is 29.4. The summed E-state index contributed by atoms with van der Waals surface area (Å²) in [4.78, 5) is 30.5. The summed E-state index contributed by atoms with van der Waals surface area (Å²) in [6.07, 6.45) is 2.88. The van der Waals surface area contributed by atoms with Gasteiger partial charge in [-0.25, -0.2) is 9.59 Å². The highest BCUT2D eigenvalue weighted by atomic mass is 32.2. The molecule has 0 aromatic rings. The minimum Gasteiger partial charge on any atom is -0.481 e. The zero-order chi connectivity index (χ0) is 15.8. The van der Waals surface area contributed by atoms with Gasteiger partial charge in [0, 0.05) is 17.4 Å². The number of nitrogens with one attached hydrogen (secondary N) is 2. The zero-order valence-corrected chi connectivity index (χ0v) is 12.1. The lowest BCUT2D eigenvalue weighted by molar-refractivity contribution is -0.137. The summed E-state index contributed by atoms with van der Waals surface area (Å²) in [7, 11) is 0. The van der Waals surface area contributed by atoms with Crippen LogP contribution in [0.25, 0.3) is 0 Å². The fourth-order valence-electron chi connectivity index (χ4n) is 2.26. The van der Waals surface area contributed by atoms with Crippen LogP contribution in [0, 0.1) is 11.3 Å². The number of carbonyl (C=O) groups excluding carboxylic acids is 1. The van der Waals surface area contributed by atoms with Crippen LogP contribution >= 0.6 is 11.8 Å². The number of nitrogens with zero attached hydrogens (tertiary/aromatic N) is 1. The van der Waals surface area contributed by atoms with Crippen molar-refractivity contribution in [3.8, 4) is 6.07 Å². The van der Waals surface area contributed by atoms with E-state index >= 15 is 0 Å².